The number of imide groups is 1. The number of hydrogen-bond acceptors (Lipinski definition) is 4. The molecule has 1 unspecified atom stereocenters. The molecule has 1 aliphatic heterocycles. The summed E-state index contributed by atoms with van der Waals surface area (Å²) in [5.74, 6) is -0.260. The van der Waals surface area contributed by atoms with Crippen molar-refractivity contribution in [3.8, 4) is 0 Å². The highest BCUT2D eigenvalue weighted by Crippen LogP contribution is 2.31. The molecule has 1 atom stereocenters. The Balaban J connectivity index is 1.56. The quantitative estimate of drug-likeness (QED) is 0.619. The van der Waals surface area contributed by atoms with Gasteiger partial charge in [-0.25, -0.2) is 0 Å². The average molecular weight is 386 g/mol. The fraction of sp³-hybridized carbons (Fsp3) is 0.211. The van der Waals surface area contributed by atoms with Crippen LogP contribution in [0.4, 0.5) is 11.4 Å². The molecule has 0 aromatic heterocycles. The summed E-state index contributed by atoms with van der Waals surface area (Å²) in [5.41, 5.74) is 2.97. The zero-order chi connectivity index (χ0) is 18.7. The highest BCUT2D eigenvalue weighted by atomic mass is 32.2. The Bertz CT molecular complexity index is 835. The summed E-state index contributed by atoms with van der Waals surface area (Å²) in [7, 11) is 1.53. The van der Waals surface area contributed by atoms with Crippen molar-refractivity contribution in [3.63, 3.8) is 0 Å². The fourth-order valence-electron chi connectivity index (χ4n) is 2.53. The lowest BCUT2D eigenvalue weighted by Gasteiger charge is -2.12. The lowest BCUT2D eigenvalue weighted by Crippen LogP contribution is -2.26. The summed E-state index contributed by atoms with van der Waals surface area (Å²) >= 11 is 6.74. The first-order valence-electron chi connectivity index (χ1n) is 8.14. The van der Waals surface area contributed by atoms with E-state index in [1.165, 1.54) is 29.3 Å². The molecular weight excluding hydrogens is 366 g/mol. The van der Waals surface area contributed by atoms with Gasteiger partial charge in [-0.1, -0.05) is 17.7 Å². The molecule has 3 rings (SSSR count). The standard InChI is InChI=1S/C19H19N3O2S2/c1-12-3-5-13(6-4-12)20-19(25)21-14-7-9-15(10-8-14)26-16-11-17(23)22(2)18(16)24/h3-10,16H,11H2,1-2H3,(H2,20,21,25). The zero-order valence-electron chi connectivity index (χ0n) is 14.5. The predicted molar refractivity (Wildman–Crippen MR) is 110 cm³/mol. The van der Waals surface area contributed by atoms with Crippen LogP contribution in [0.15, 0.2) is 53.4 Å². The Morgan fingerprint density at radius 1 is 1.04 bits per heavy atom. The van der Waals surface area contributed by atoms with Crippen LogP contribution in [-0.4, -0.2) is 34.1 Å². The number of rotatable bonds is 4. The summed E-state index contributed by atoms with van der Waals surface area (Å²) < 4.78 is 0. The molecule has 7 heteroatoms. The van der Waals surface area contributed by atoms with E-state index < -0.39 is 0 Å². The van der Waals surface area contributed by atoms with Crippen LogP contribution in [0.3, 0.4) is 0 Å². The van der Waals surface area contributed by atoms with Gasteiger partial charge in [0.25, 0.3) is 0 Å². The summed E-state index contributed by atoms with van der Waals surface area (Å²) in [6.07, 6.45) is 0.255. The number of likely N-dealkylation sites (tertiary alicyclic amines) is 1. The van der Waals surface area contributed by atoms with Crippen LogP contribution >= 0.6 is 24.0 Å². The van der Waals surface area contributed by atoms with Crippen molar-refractivity contribution in [1.29, 1.82) is 0 Å². The minimum atomic E-state index is -0.337. The summed E-state index contributed by atoms with van der Waals surface area (Å²) in [4.78, 5) is 25.7. The van der Waals surface area contributed by atoms with Gasteiger partial charge in [0.2, 0.25) is 11.8 Å². The number of carbonyl (C=O) groups is 2. The topological polar surface area (TPSA) is 61.4 Å². The molecule has 1 heterocycles. The fourth-order valence-corrected chi connectivity index (χ4v) is 3.87. The third kappa shape index (κ3) is 4.42. The van der Waals surface area contributed by atoms with E-state index in [1.807, 2.05) is 55.5 Å². The molecule has 2 N–H and O–H groups in total. The molecule has 2 aromatic rings. The molecule has 1 saturated heterocycles. The smallest absolute Gasteiger partial charge is 0.242 e. The van der Waals surface area contributed by atoms with Crippen LogP contribution in [0.25, 0.3) is 0 Å². The van der Waals surface area contributed by atoms with Crippen LogP contribution in [0.2, 0.25) is 0 Å². The van der Waals surface area contributed by atoms with E-state index in [4.69, 9.17) is 12.2 Å². The van der Waals surface area contributed by atoms with E-state index in [0.717, 1.165) is 16.3 Å². The molecule has 26 heavy (non-hydrogen) atoms. The lowest BCUT2D eigenvalue weighted by atomic mass is 10.2. The lowest BCUT2D eigenvalue weighted by molar-refractivity contribution is -0.136. The molecule has 2 aromatic carbocycles. The molecule has 5 nitrogen and oxygen atoms in total. The van der Waals surface area contributed by atoms with Crippen LogP contribution in [-0.2, 0) is 9.59 Å². The van der Waals surface area contributed by atoms with Crippen LogP contribution in [0.1, 0.15) is 12.0 Å². The second kappa shape index (κ2) is 7.88. The minimum Gasteiger partial charge on any atom is -0.332 e. The van der Waals surface area contributed by atoms with Crippen molar-refractivity contribution in [2.45, 2.75) is 23.5 Å². The molecule has 2 amide bonds. The van der Waals surface area contributed by atoms with Crippen molar-refractivity contribution in [2.24, 2.45) is 0 Å². The number of aryl methyl sites for hydroxylation is 1. The largest absolute Gasteiger partial charge is 0.332 e. The van der Waals surface area contributed by atoms with Crippen LogP contribution in [0, 0.1) is 6.92 Å². The molecule has 1 aliphatic rings. The molecule has 134 valence electrons. The first kappa shape index (κ1) is 18.4. The van der Waals surface area contributed by atoms with Crippen molar-refractivity contribution in [3.05, 3.63) is 54.1 Å². The second-order valence-electron chi connectivity index (χ2n) is 6.07. The first-order chi connectivity index (χ1) is 12.4. The van der Waals surface area contributed by atoms with Crippen molar-refractivity contribution in [2.75, 3.05) is 17.7 Å². The van der Waals surface area contributed by atoms with Gasteiger partial charge in [-0.15, -0.1) is 11.8 Å². The Labute approximate surface area is 162 Å². The Morgan fingerprint density at radius 3 is 2.08 bits per heavy atom. The highest BCUT2D eigenvalue weighted by molar-refractivity contribution is 8.00. The van der Waals surface area contributed by atoms with Gasteiger partial charge in [0, 0.05) is 29.7 Å². The number of nitrogens with zero attached hydrogens (tertiary/aromatic N) is 1. The Hall–Kier alpha value is -2.38. The maximum absolute atomic E-state index is 12.0. The van der Waals surface area contributed by atoms with Gasteiger partial charge in [-0.2, -0.15) is 0 Å². The molecule has 1 fully saturated rings. The maximum atomic E-state index is 12.0. The van der Waals surface area contributed by atoms with Gasteiger partial charge in [-0.05, 0) is 55.5 Å². The van der Waals surface area contributed by atoms with Crippen LogP contribution < -0.4 is 10.6 Å². The third-order valence-electron chi connectivity index (χ3n) is 4.04. The number of amides is 2. The number of carbonyl (C=O) groups excluding carboxylic acids is 2. The van der Waals surface area contributed by atoms with Gasteiger partial charge < -0.3 is 10.6 Å². The van der Waals surface area contributed by atoms with E-state index in [0.29, 0.717) is 5.11 Å². The molecule has 0 spiro atoms. The molecule has 0 bridgehead atoms. The number of benzene rings is 2. The summed E-state index contributed by atoms with van der Waals surface area (Å²) in [5, 5.41) is 6.43. The van der Waals surface area contributed by atoms with E-state index >= 15 is 0 Å². The van der Waals surface area contributed by atoms with E-state index in [-0.39, 0.29) is 23.5 Å². The number of thioether (sulfide) groups is 1. The first-order valence-corrected chi connectivity index (χ1v) is 9.43. The molecule has 0 saturated carbocycles. The van der Waals surface area contributed by atoms with E-state index in [9.17, 15) is 9.59 Å². The summed E-state index contributed by atoms with van der Waals surface area (Å²) in [6.45, 7) is 2.03. The van der Waals surface area contributed by atoms with Crippen molar-refractivity contribution in [1.82, 2.24) is 4.90 Å². The number of hydrogen-bond donors (Lipinski definition) is 2. The Morgan fingerprint density at radius 2 is 1.58 bits per heavy atom. The number of nitrogens with one attached hydrogen (secondary N) is 2. The number of anilines is 2. The SMILES string of the molecule is Cc1ccc(NC(=S)Nc2ccc(SC3CC(=O)N(C)C3=O)cc2)cc1. The van der Waals surface area contributed by atoms with Gasteiger partial charge in [0.1, 0.15) is 0 Å². The highest BCUT2D eigenvalue weighted by Gasteiger charge is 2.36. The van der Waals surface area contributed by atoms with Crippen LogP contribution in [0.5, 0.6) is 0 Å². The van der Waals surface area contributed by atoms with Gasteiger partial charge in [0.15, 0.2) is 5.11 Å². The predicted octanol–water partition coefficient (Wildman–Crippen LogP) is 3.65. The monoisotopic (exact) mass is 385 g/mol. The van der Waals surface area contributed by atoms with Gasteiger partial charge in [0.05, 0.1) is 5.25 Å². The van der Waals surface area contributed by atoms with Crippen molar-refractivity contribution < 1.29 is 9.59 Å². The van der Waals surface area contributed by atoms with E-state index in [1.54, 1.807) is 0 Å². The third-order valence-corrected chi connectivity index (χ3v) is 5.44. The number of thiocarbonyl (C=S) groups is 1. The molecule has 0 aliphatic carbocycles. The second-order valence-corrected chi connectivity index (χ2v) is 7.76. The molecular formula is C19H19N3O2S2. The Kier molecular flexibility index (Phi) is 5.58. The van der Waals surface area contributed by atoms with Gasteiger partial charge >= 0.3 is 0 Å². The van der Waals surface area contributed by atoms with Gasteiger partial charge in [-0.3, -0.25) is 14.5 Å². The summed E-state index contributed by atoms with van der Waals surface area (Å²) in [6, 6.07) is 15.6. The van der Waals surface area contributed by atoms with E-state index in [2.05, 4.69) is 10.6 Å². The molecule has 0 radical (unpaired) electrons. The van der Waals surface area contributed by atoms with Crippen molar-refractivity contribution >= 4 is 52.3 Å². The zero-order valence-corrected chi connectivity index (χ0v) is 16.1. The normalized spacial score (nSPS) is 16.7. The minimum absolute atomic E-state index is 0.127. The average Bonchev–Trinajstić information content (AvgIpc) is 2.85. The maximum Gasteiger partial charge on any atom is 0.242 e.